The molecule has 1 saturated carbocycles. The van der Waals surface area contributed by atoms with Crippen molar-refractivity contribution in [1.29, 1.82) is 0 Å². The molecule has 0 aliphatic heterocycles. The molecule has 1 aliphatic carbocycles. The fourth-order valence-electron chi connectivity index (χ4n) is 2.84. The molecule has 0 unspecified atom stereocenters. The van der Waals surface area contributed by atoms with E-state index in [1.165, 1.54) is 0 Å². The molecule has 1 fully saturated rings. The van der Waals surface area contributed by atoms with Crippen LogP contribution in [0, 0.1) is 5.41 Å². The number of aromatic amines is 1. The topological polar surface area (TPSA) is 104 Å². The van der Waals surface area contributed by atoms with Crippen LogP contribution in [-0.2, 0) is 0 Å². The number of nitrogen functional groups attached to an aromatic ring is 1. The van der Waals surface area contributed by atoms with Gasteiger partial charge in [-0.25, -0.2) is 0 Å². The number of amides is 1. The Morgan fingerprint density at radius 3 is 2.65 bits per heavy atom. The molecule has 1 aromatic rings. The standard InChI is InChI=1S/C14H24N4O2/c1-9(2)11-10(15)12(18-17-11)13(20)16-7-14(8-19)5-3-4-6-14/h9,19H,3-8,15H2,1-2H3,(H,16,20)(H,17,18). The molecule has 0 atom stereocenters. The van der Waals surface area contributed by atoms with Gasteiger partial charge in [0, 0.05) is 12.0 Å². The number of hydrogen-bond donors (Lipinski definition) is 4. The van der Waals surface area contributed by atoms with E-state index in [1.807, 2.05) is 13.8 Å². The third-order valence-corrected chi connectivity index (χ3v) is 4.25. The Kier molecular flexibility index (Phi) is 4.32. The van der Waals surface area contributed by atoms with Crippen molar-refractivity contribution in [2.45, 2.75) is 45.4 Å². The minimum absolute atomic E-state index is 0.112. The average Bonchev–Trinajstić information content (AvgIpc) is 3.03. The minimum Gasteiger partial charge on any atom is -0.396 e. The highest BCUT2D eigenvalue weighted by Crippen LogP contribution is 2.37. The van der Waals surface area contributed by atoms with Gasteiger partial charge in [0.2, 0.25) is 0 Å². The van der Waals surface area contributed by atoms with Gasteiger partial charge in [-0.05, 0) is 18.8 Å². The average molecular weight is 280 g/mol. The molecule has 112 valence electrons. The maximum Gasteiger partial charge on any atom is 0.273 e. The van der Waals surface area contributed by atoms with Crippen molar-refractivity contribution in [2.75, 3.05) is 18.9 Å². The number of aromatic nitrogens is 2. The molecule has 0 saturated heterocycles. The first-order chi connectivity index (χ1) is 9.49. The van der Waals surface area contributed by atoms with Gasteiger partial charge in [-0.15, -0.1) is 0 Å². The number of nitrogens with two attached hydrogens (primary N) is 1. The van der Waals surface area contributed by atoms with Gasteiger partial charge in [-0.1, -0.05) is 26.7 Å². The summed E-state index contributed by atoms with van der Waals surface area (Å²) in [5.74, 6) is -0.0759. The van der Waals surface area contributed by atoms with Crippen LogP contribution in [0.4, 0.5) is 5.69 Å². The summed E-state index contributed by atoms with van der Waals surface area (Å²) in [4.78, 5) is 12.2. The Balaban J connectivity index is 2.02. The van der Waals surface area contributed by atoms with Gasteiger partial charge < -0.3 is 16.2 Å². The molecule has 1 aliphatic rings. The lowest BCUT2D eigenvalue weighted by Gasteiger charge is -2.26. The van der Waals surface area contributed by atoms with E-state index in [2.05, 4.69) is 15.5 Å². The first-order valence-electron chi connectivity index (χ1n) is 7.22. The molecule has 0 bridgehead atoms. The Morgan fingerprint density at radius 1 is 1.50 bits per heavy atom. The maximum atomic E-state index is 12.2. The second-order valence-corrected chi connectivity index (χ2v) is 6.10. The number of aliphatic hydroxyl groups excluding tert-OH is 1. The lowest BCUT2D eigenvalue weighted by Crippen LogP contribution is -2.38. The van der Waals surface area contributed by atoms with Crippen LogP contribution < -0.4 is 11.1 Å². The van der Waals surface area contributed by atoms with Gasteiger partial charge in [0.1, 0.15) is 0 Å². The van der Waals surface area contributed by atoms with Crippen molar-refractivity contribution in [3.63, 3.8) is 0 Å². The zero-order valence-corrected chi connectivity index (χ0v) is 12.2. The number of aliphatic hydroxyl groups is 1. The number of carbonyl (C=O) groups is 1. The van der Waals surface area contributed by atoms with Crippen LogP contribution in [0.15, 0.2) is 0 Å². The summed E-state index contributed by atoms with van der Waals surface area (Å²) in [7, 11) is 0. The van der Waals surface area contributed by atoms with Crippen LogP contribution in [-0.4, -0.2) is 34.4 Å². The third-order valence-electron chi connectivity index (χ3n) is 4.25. The molecule has 0 radical (unpaired) electrons. The van der Waals surface area contributed by atoms with E-state index in [4.69, 9.17) is 5.73 Å². The molecular weight excluding hydrogens is 256 g/mol. The molecule has 1 amide bonds. The van der Waals surface area contributed by atoms with Crippen molar-refractivity contribution >= 4 is 11.6 Å². The van der Waals surface area contributed by atoms with E-state index >= 15 is 0 Å². The predicted octanol–water partition coefficient (Wildman–Crippen LogP) is 1.40. The first kappa shape index (κ1) is 14.8. The van der Waals surface area contributed by atoms with Gasteiger partial charge >= 0.3 is 0 Å². The molecule has 5 N–H and O–H groups in total. The number of carbonyl (C=O) groups excluding carboxylic acids is 1. The van der Waals surface area contributed by atoms with E-state index in [9.17, 15) is 9.90 Å². The zero-order valence-electron chi connectivity index (χ0n) is 12.2. The normalized spacial score (nSPS) is 17.6. The van der Waals surface area contributed by atoms with Crippen LogP contribution in [0.2, 0.25) is 0 Å². The largest absolute Gasteiger partial charge is 0.396 e. The number of anilines is 1. The maximum absolute atomic E-state index is 12.2. The smallest absolute Gasteiger partial charge is 0.273 e. The van der Waals surface area contributed by atoms with Crippen LogP contribution in [0.1, 0.15) is 61.6 Å². The summed E-state index contributed by atoms with van der Waals surface area (Å²) in [5.41, 5.74) is 7.24. The van der Waals surface area contributed by atoms with Crippen molar-refractivity contribution in [3.05, 3.63) is 11.4 Å². The van der Waals surface area contributed by atoms with E-state index < -0.39 is 0 Å². The van der Waals surface area contributed by atoms with Crippen LogP contribution in [0.5, 0.6) is 0 Å². The molecule has 20 heavy (non-hydrogen) atoms. The highest BCUT2D eigenvalue weighted by Gasteiger charge is 2.34. The van der Waals surface area contributed by atoms with Crippen LogP contribution >= 0.6 is 0 Å². The number of rotatable bonds is 5. The Bertz CT molecular complexity index is 476. The molecule has 6 heteroatoms. The number of nitrogens with one attached hydrogen (secondary N) is 2. The Morgan fingerprint density at radius 2 is 2.15 bits per heavy atom. The van der Waals surface area contributed by atoms with E-state index in [-0.39, 0.29) is 29.5 Å². The summed E-state index contributed by atoms with van der Waals surface area (Å²) in [6.07, 6.45) is 4.13. The van der Waals surface area contributed by atoms with Gasteiger partial charge in [0.15, 0.2) is 5.69 Å². The zero-order chi connectivity index (χ0) is 14.8. The van der Waals surface area contributed by atoms with E-state index in [1.54, 1.807) is 0 Å². The second-order valence-electron chi connectivity index (χ2n) is 6.10. The summed E-state index contributed by atoms with van der Waals surface area (Å²) in [6.45, 7) is 4.57. The monoisotopic (exact) mass is 280 g/mol. The highest BCUT2D eigenvalue weighted by atomic mass is 16.3. The first-order valence-corrected chi connectivity index (χ1v) is 7.22. The van der Waals surface area contributed by atoms with Crippen molar-refractivity contribution in [3.8, 4) is 0 Å². The van der Waals surface area contributed by atoms with Gasteiger partial charge in [0.25, 0.3) is 5.91 Å². The van der Waals surface area contributed by atoms with E-state index in [0.717, 1.165) is 31.4 Å². The number of nitrogens with zero attached hydrogens (tertiary/aromatic N) is 1. The summed E-state index contributed by atoms with van der Waals surface area (Å²) >= 11 is 0. The van der Waals surface area contributed by atoms with Crippen molar-refractivity contribution < 1.29 is 9.90 Å². The van der Waals surface area contributed by atoms with E-state index in [0.29, 0.717) is 12.2 Å². The predicted molar refractivity (Wildman–Crippen MR) is 77.4 cm³/mol. The lowest BCUT2D eigenvalue weighted by atomic mass is 9.87. The Labute approximate surface area is 119 Å². The molecule has 0 spiro atoms. The SMILES string of the molecule is CC(C)c1[nH]nc(C(=O)NCC2(CO)CCCC2)c1N. The Hall–Kier alpha value is -1.56. The van der Waals surface area contributed by atoms with Crippen LogP contribution in [0.25, 0.3) is 0 Å². The van der Waals surface area contributed by atoms with Crippen molar-refractivity contribution in [1.82, 2.24) is 15.5 Å². The number of H-pyrrole nitrogens is 1. The fraction of sp³-hybridized carbons (Fsp3) is 0.714. The summed E-state index contributed by atoms with van der Waals surface area (Å²) < 4.78 is 0. The third kappa shape index (κ3) is 2.80. The summed E-state index contributed by atoms with van der Waals surface area (Å²) in [5, 5.41) is 19.2. The molecule has 1 aromatic heterocycles. The second kappa shape index (κ2) is 5.83. The molecule has 6 nitrogen and oxygen atoms in total. The molecule has 0 aromatic carbocycles. The fourth-order valence-corrected chi connectivity index (χ4v) is 2.84. The summed E-state index contributed by atoms with van der Waals surface area (Å²) in [6, 6.07) is 0. The molecule has 1 heterocycles. The van der Waals surface area contributed by atoms with Crippen LogP contribution in [0.3, 0.4) is 0 Å². The van der Waals surface area contributed by atoms with Gasteiger partial charge in [-0.3, -0.25) is 9.89 Å². The highest BCUT2D eigenvalue weighted by molar-refractivity contribution is 5.97. The molecule has 2 rings (SSSR count). The minimum atomic E-state index is -0.273. The quantitative estimate of drug-likeness (QED) is 0.654. The molecular formula is C14H24N4O2. The number of hydrogen-bond acceptors (Lipinski definition) is 4. The van der Waals surface area contributed by atoms with Crippen molar-refractivity contribution in [2.24, 2.45) is 5.41 Å². The van der Waals surface area contributed by atoms with Gasteiger partial charge in [0.05, 0.1) is 18.0 Å². The lowest BCUT2D eigenvalue weighted by molar-refractivity contribution is 0.0877. The van der Waals surface area contributed by atoms with Gasteiger partial charge in [-0.2, -0.15) is 5.10 Å².